The Bertz CT molecular complexity index is 1920. The first kappa shape index (κ1) is 18.2. The standard InChI is InChI=1S/C31H20N2/c1-18-12-20(17-32)13-19(2)30(18)23-10-11-28-26(15-23)24-8-5-9-25-27-14-21-6-3-4-7-22(21)16-29(27)33(28)31(24)25/h3-16H,1-2H3. The minimum absolute atomic E-state index is 0.717. The minimum Gasteiger partial charge on any atom is -0.308 e. The summed E-state index contributed by atoms with van der Waals surface area (Å²) in [6, 6.07) is 33.0. The molecular weight excluding hydrogens is 400 g/mol. The van der Waals surface area contributed by atoms with Crippen molar-refractivity contribution in [2.75, 3.05) is 0 Å². The molecular formula is C31H20N2. The Balaban J connectivity index is 1.60. The fraction of sp³-hybridized carbons (Fsp3) is 0.0645. The van der Waals surface area contributed by atoms with Gasteiger partial charge >= 0.3 is 0 Å². The number of hydrogen-bond acceptors (Lipinski definition) is 1. The third-order valence-corrected chi connectivity index (χ3v) is 7.13. The Hall–Kier alpha value is -4.35. The van der Waals surface area contributed by atoms with Crippen LogP contribution in [0.5, 0.6) is 0 Å². The molecule has 5 aromatic carbocycles. The van der Waals surface area contributed by atoms with E-state index in [9.17, 15) is 5.26 Å². The van der Waals surface area contributed by atoms with Crippen molar-refractivity contribution in [1.82, 2.24) is 4.40 Å². The highest BCUT2D eigenvalue weighted by molar-refractivity contribution is 6.25. The Morgan fingerprint density at radius 1 is 0.636 bits per heavy atom. The normalized spacial score (nSPS) is 11.9. The van der Waals surface area contributed by atoms with Crippen molar-refractivity contribution in [3.05, 3.63) is 102 Å². The van der Waals surface area contributed by atoms with Gasteiger partial charge in [0.1, 0.15) is 0 Å². The molecule has 0 saturated carbocycles. The van der Waals surface area contributed by atoms with Crippen LogP contribution in [0.4, 0.5) is 0 Å². The summed E-state index contributed by atoms with van der Waals surface area (Å²) in [5.74, 6) is 0. The average Bonchev–Trinajstić information content (AvgIpc) is 3.33. The van der Waals surface area contributed by atoms with Gasteiger partial charge in [-0.1, -0.05) is 48.5 Å². The van der Waals surface area contributed by atoms with Crippen molar-refractivity contribution >= 4 is 48.9 Å². The van der Waals surface area contributed by atoms with Gasteiger partial charge in [0.05, 0.1) is 28.2 Å². The van der Waals surface area contributed by atoms with Crippen LogP contribution in [0.1, 0.15) is 16.7 Å². The summed E-state index contributed by atoms with van der Waals surface area (Å²) in [7, 11) is 0. The molecule has 0 unspecified atom stereocenters. The lowest BCUT2D eigenvalue weighted by Gasteiger charge is -2.11. The van der Waals surface area contributed by atoms with Crippen LogP contribution < -0.4 is 0 Å². The third-order valence-electron chi connectivity index (χ3n) is 7.13. The highest BCUT2D eigenvalue weighted by Gasteiger charge is 2.18. The quantitative estimate of drug-likeness (QED) is 0.263. The highest BCUT2D eigenvalue weighted by atomic mass is 14.9. The van der Waals surface area contributed by atoms with E-state index in [1.807, 2.05) is 12.1 Å². The fourth-order valence-electron chi connectivity index (χ4n) is 5.80. The minimum atomic E-state index is 0.717. The lowest BCUT2D eigenvalue weighted by molar-refractivity contribution is 1.35. The van der Waals surface area contributed by atoms with E-state index in [0.29, 0.717) is 5.56 Å². The predicted molar refractivity (Wildman–Crippen MR) is 138 cm³/mol. The third kappa shape index (κ3) is 2.37. The SMILES string of the molecule is Cc1cc(C#N)cc(C)c1-c1ccc2c(c1)c1cccc3c4cc5ccccc5cc4n2c13. The Kier molecular flexibility index (Phi) is 3.51. The summed E-state index contributed by atoms with van der Waals surface area (Å²) in [5.41, 5.74) is 9.20. The highest BCUT2D eigenvalue weighted by Crippen LogP contribution is 2.41. The number of aryl methyl sites for hydroxylation is 2. The maximum absolute atomic E-state index is 9.34. The largest absolute Gasteiger partial charge is 0.308 e. The van der Waals surface area contributed by atoms with Crippen LogP contribution in [-0.2, 0) is 0 Å². The molecule has 0 aliphatic carbocycles. The van der Waals surface area contributed by atoms with E-state index in [-0.39, 0.29) is 0 Å². The van der Waals surface area contributed by atoms with Crippen molar-refractivity contribution in [3.63, 3.8) is 0 Å². The number of para-hydroxylation sites is 1. The van der Waals surface area contributed by atoms with Crippen molar-refractivity contribution in [2.45, 2.75) is 13.8 Å². The van der Waals surface area contributed by atoms with Crippen molar-refractivity contribution < 1.29 is 0 Å². The summed E-state index contributed by atoms with van der Waals surface area (Å²) >= 11 is 0. The van der Waals surface area contributed by atoms with Crippen LogP contribution in [0.25, 0.3) is 60.0 Å². The molecule has 2 aromatic heterocycles. The molecule has 0 radical (unpaired) electrons. The van der Waals surface area contributed by atoms with Crippen molar-refractivity contribution in [1.29, 1.82) is 5.26 Å². The van der Waals surface area contributed by atoms with E-state index in [2.05, 4.69) is 97.1 Å². The van der Waals surface area contributed by atoms with Crippen LogP contribution in [-0.4, -0.2) is 4.40 Å². The second kappa shape index (κ2) is 6.34. The number of aromatic nitrogens is 1. The van der Waals surface area contributed by atoms with Crippen LogP contribution in [0.2, 0.25) is 0 Å². The van der Waals surface area contributed by atoms with Crippen LogP contribution in [0, 0.1) is 25.2 Å². The van der Waals surface area contributed by atoms with Gasteiger partial charge in [0.15, 0.2) is 0 Å². The van der Waals surface area contributed by atoms with Gasteiger partial charge in [-0.3, -0.25) is 0 Å². The first-order valence-corrected chi connectivity index (χ1v) is 11.3. The molecule has 0 atom stereocenters. The molecule has 0 aliphatic rings. The van der Waals surface area contributed by atoms with E-state index in [1.165, 1.54) is 60.0 Å². The molecule has 0 N–H and O–H groups in total. The lowest BCUT2D eigenvalue weighted by atomic mass is 9.93. The molecule has 0 aliphatic heterocycles. The van der Waals surface area contributed by atoms with E-state index in [1.54, 1.807) is 0 Å². The average molecular weight is 421 g/mol. The second-order valence-electron chi connectivity index (χ2n) is 9.08. The van der Waals surface area contributed by atoms with Crippen molar-refractivity contribution in [3.8, 4) is 17.2 Å². The number of nitriles is 1. The molecule has 7 aromatic rings. The maximum atomic E-state index is 9.34. The van der Waals surface area contributed by atoms with Crippen molar-refractivity contribution in [2.24, 2.45) is 0 Å². The smallest absolute Gasteiger partial charge is 0.0991 e. The zero-order chi connectivity index (χ0) is 22.3. The molecule has 7 rings (SSSR count). The first-order valence-electron chi connectivity index (χ1n) is 11.3. The summed E-state index contributed by atoms with van der Waals surface area (Å²) < 4.78 is 2.43. The zero-order valence-electron chi connectivity index (χ0n) is 18.5. The van der Waals surface area contributed by atoms with Crippen LogP contribution in [0.15, 0.2) is 84.9 Å². The van der Waals surface area contributed by atoms with Gasteiger partial charge in [-0.05, 0) is 83.3 Å². The topological polar surface area (TPSA) is 28.2 Å². The van der Waals surface area contributed by atoms with Gasteiger partial charge in [-0.15, -0.1) is 0 Å². The Morgan fingerprint density at radius 3 is 2.00 bits per heavy atom. The fourth-order valence-corrected chi connectivity index (χ4v) is 5.80. The number of fused-ring (bicyclic) bond motifs is 7. The molecule has 0 bridgehead atoms. The molecule has 0 amide bonds. The molecule has 0 saturated heterocycles. The molecule has 0 spiro atoms. The van der Waals surface area contributed by atoms with Gasteiger partial charge in [0, 0.05) is 21.5 Å². The maximum Gasteiger partial charge on any atom is 0.0991 e. The van der Waals surface area contributed by atoms with E-state index in [0.717, 1.165) is 11.1 Å². The molecule has 33 heavy (non-hydrogen) atoms. The second-order valence-corrected chi connectivity index (χ2v) is 9.08. The summed E-state index contributed by atoms with van der Waals surface area (Å²) in [5, 5.41) is 17.0. The Labute approximate surface area is 191 Å². The predicted octanol–water partition coefficient (Wildman–Crippen LogP) is 8.15. The molecule has 2 heteroatoms. The molecule has 154 valence electrons. The number of hydrogen-bond donors (Lipinski definition) is 0. The molecule has 2 nitrogen and oxygen atoms in total. The van der Waals surface area contributed by atoms with Gasteiger partial charge < -0.3 is 4.40 Å². The summed E-state index contributed by atoms with van der Waals surface area (Å²) in [4.78, 5) is 0. The summed E-state index contributed by atoms with van der Waals surface area (Å²) in [6.45, 7) is 4.19. The number of benzene rings is 5. The lowest BCUT2D eigenvalue weighted by Crippen LogP contribution is -1.91. The first-order chi connectivity index (χ1) is 16.1. The van der Waals surface area contributed by atoms with Crippen LogP contribution in [0.3, 0.4) is 0 Å². The van der Waals surface area contributed by atoms with E-state index in [4.69, 9.17) is 0 Å². The number of nitrogens with zero attached hydrogens (tertiary/aromatic N) is 2. The number of rotatable bonds is 1. The van der Waals surface area contributed by atoms with Crippen LogP contribution >= 0.6 is 0 Å². The molecule has 0 fully saturated rings. The summed E-state index contributed by atoms with van der Waals surface area (Å²) in [6.07, 6.45) is 0. The Morgan fingerprint density at radius 2 is 1.30 bits per heavy atom. The zero-order valence-corrected chi connectivity index (χ0v) is 18.5. The van der Waals surface area contributed by atoms with Gasteiger partial charge in [-0.2, -0.15) is 5.26 Å². The molecule has 2 heterocycles. The van der Waals surface area contributed by atoms with Gasteiger partial charge in [0.2, 0.25) is 0 Å². The van der Waals surface area contributed by atoms with E-state index < -0.39 is 0 Å². The van der Waals surface area contributed by atoms with E-state index >= 15 is 0 Å². The van der Waals surface area contributed by atoms with Gasteiger partial charge in [0.25, 0.3) is 0 Å². The van der Waals surface area contributed by atoms with Gasteiger partial charge in [-0.25, -0.2) is 0 Å². The monoisotopic (exact) mass is 420 g/mol.